The number of hydrogen-bond donors (Lipinski definition) is 3. The number of hydrogen-bond acceptors (Lipinski definition) is 7. The summed E-state index contributed by atoms with van der Waals surface area (Å²) < 4.78 is 5.58. The third-order valence-electron chi connectivity index (χ3n) is 6.14. The van der Waals surface area contributed by atoms with Crippen LogP contribution in [0, 0.1) is 5.41 Å². The average molecular weight is 426 g/mol. The smallest absolute Gasteiger partial charge is 0.410 e. The van der Waals surface area contributed by atoms with E-state index in [9.17, 15) is 9.59 Å². The van der Waals surface area contributed by atoms with E-state index in [1.807, 2.05) is 4.90 Å². The topological polar surface area (TPSA) is 130 Å². The lowest BCUT2D eigenvalue weighted by Gasteiger charge is -2.35. The molecule has 3 rings (SSSR count). The SMILES string of the molecule is N=C(N)N1CCN(CCN2CC(CN3CCN(CCCC(=O)O)CC3)OC2=O)CC1. The van der Waals surface area contributed by atoms with Gasteiger partial charge < -0.3 is 30.3 Å². The van der Waals surface area contributed by atoms with E-state index in [0.717, 1.165) is 72.0 Å². The summed E-state index contributed by atoms with van der Waals surface area (Å²) in [6.07, 6.45) is 0.592. The third-order valence-corrected chi connectivity index (χ3v) is 6.14. The first kappa shape index (κ1) is 22.6. The minimum Gasteiger partial charge on any atom is -0.481 e. The monoisotopic (exact) mass is 425 g/mol. The minimum absolute atomic E-state index is 0.0920. The maximum atomic E-state index is 12.2. The van der Waals surface area contributed by atoms with Crippen LogP contribution in [0.4, 0.5) is 4.79 Å². The second-order valence-electron chi connectivity index (χ2n) is 8.31. The highest BCUT2D eigenvalue weighted by molar-refractivity contribution is 5.74. The highest BCUT2D eigenvalue weighted by atomic mass is 16.6. The van der Waals surface area contributed by atoms with Crippen molar-refractivity contribution in [1.29, 1.82) is 5.41 Å². The zero-order valence-corrected chi connectivity index (χ0v) is 17.7. The fourth-order valence-corrected chi connectivity index (χ4v) is 4.26. The van der Waals surface area contributed by atoms with Crippen molar-refractivity contribution >= 4 is 18.0 Å². The molecule has 3 fully saturated rings. The number of carboxylic acid groups (broad SMARTS) is 1. The molecule has 0 saturated carbocycles. The van der Waals surface area contributed by atoms with Gasteiger partial charge in [0.2, 0.25) is 0 Å². The Morgan fingerprint density at radius 2 is 1.60 bits per heavy atom. The number of nitrogens with zero attached hydrogens (tertiary/aromatic N) is 5. The maximum Gasteiger partial charge on any atom is 0.410 e. The molecule has 3 heterocycles. The molecule has 1 unspecified atom stereocenters. The summed E-state index contributed by atoms with van der Waals surface area (Å²) >= 11 is 0. The second-order valence-corrected chi connectivity index (χ2v) is 8.31. The summed E-state index contributed by atoms with van der Waals surface area (Å²) in [6, 6.07) is 0. The molecule has 1 amide bonds. The molecule has 4 N–H and O–H groups in total. The quantitative estimate of drug-likeness (QED) is 0.308. The Bertz CT molecular complexity index is 604. The molecule has 30 heavy (non-hydrogen) atoms. The average Bonchev–Trinajstić information content (AvgIpc) is 3.06. The van der Waals surface area contributed by atoms with Crippen molar-refractivity contribution in [2.24, 2.45) is 5.73 Å². The first-order valence-electron chi connectivity index (χ1n) is 10.8. The van der Waals surface area contributed by atoms with Crippen LogP contribution in [0.15, 0.2) is 0 Å². The van der Waals surface area contributed by atoms with E-state index >= 15 is 0 Å². The van der Waals surface area contributed by atoms with Crippen molar-refractivity contribution in [3.05, 3.63) is 0 Å². The Kier molecular flexibility index (Phi) is 8.11. The van der Waals surface area contributed by atoms with E-state index in [1.165, 1.54) is 0 Å². The van der Waals surface area contributed by atoms with E-state index in [1.54, 1.807) is 4.90 Å². The summed E-state index contributed by atoms with van der Waals surface area (Å²) in [5.74, 6) is -0.610. The largest absolute Gasteiger partial charge is 0.481 e. The summed E-state index contributed by atoms with van der Waals surface area (Å²) in [7, 11) is 0. The number of carbonyl (C=O) groups is 2. The first-order chi connectivity index (χ1) is 14.4. The van der Waals surface area contributed by atoms with E-state index in [4.69, 9.17) is 21.0 Å². The van der Waals surface area contributed by atoms with Crippen molar-refractivity contribution in [2.45, 2.75) is 18.9 Å². The van der Waals surface area contributed by atoms with Crippen molar-refractivity contribution < 1.29 is 19.4 Å². The predicted molar refractivity (Wildman–Crippen MR) is 112 cm³/mol. The van der Waals surface area contributed by atoms with Gasteiger partial charge in [-0.3, -0.25) is 20.0 Å². The first-order valence-corrected chi connectivity index (χ1v) is 10.8. The number of nitrogens with two attached hydrogens (primary N) is 1. The Morgan fingerprint density at radius 1 is 1.00 bits per heavy atom. The Balaban J connectivity index is 1.30. The van der Waals surface area contributed by atoms with Gasteiger partial charge in [0.15, 0.2) is 5.96 Å². The van der Waals surface area contributed by atoms with Gasteiger partial charge in [-0.1, -0.05) is 0 Å². The van der Waals surface area contributed by atoms with Crippen LogP contribution < -0.4 is 5.73 Å². The Hall–Kier alpha value is -2.11. The number of cyclic esters (lactones) is 1. The predicted octanol–water partition coefficient (Wildman–Crippen LogP) is -1.20. The molecule has 11 nitrogen and oxygen atoms in total. The molecule has 1 atom stereocenters. The molecule has 0 spiro atoms. The van der Waals surface area contributed by atoms with Crippen LogP contribution >= 0.6 is 0 Å². The molecule has 3 aliphatic heterocycles. The molecule has 0 aromatic carbocycles. The van der Waals surface area contributed by atoms with Crippen LogP contribution in [0.5, 0.6) is 0 Å². The Labute approximate surface area is 177 Å². The minimum atomic E-state index is -0.737. The number of piperazine rings is 2. The molecule has 0 bridgehead atoms. The van der Waals surface area contributed by atoms with Crippen molar-refractivity contribution in [2.75, 3.05) is 85.1 Å². The highest BCUT2D eigenvalue weighted by Gasteiger charge is 2.33. The summed E-state index contributed by atoms with van der Waals surface area (Å²) in [6.45, 7) is 10.6. The lowest BCUT2D eigenvalue weighted by molar-refractivity contribution is -0.137. The number of aliphatic carboxylic acids is 1. The molecular weight excluding hydrogens is 390 g/mol. The van der Waals surface area contributed by atoms with Gasteiger partial charge in [0.1, 0.15) is 6.10 Å². The van der Waals surface area contributed by atoms with E-state index in [-0.39, 0.29) is 24.6 Å². The highest BCUT2D eigenvalue weighted by Crippen LogP contribution is 2.14. The summed E-state index contributed by atoms with van der Waals surface area (Å²) in [4.78, 5) is 33.4. The molecule has 0 radical (unpaired) electrons. The zero-order chi connectivity index (χ0) is 21.5. The molecule has 3 saturated heterocycles. The van der Waals surface area contributed by atoms with E-state index < -0.39 is 5.97 Å². The molecular formula is C19H35N7O4. The van der Waals surface area contributed by atoms with Gasteiger partial charge in [-0.25, -0.2) is 4.79 Å². The zero-order valence-electron chi connectivity index (χ0n) is 17.7. The number of nitrogens with one attached hydrogen (secondary N) is 1. The van der Waals surface area contributed by atoms with E-state index in [0.29, 0.717) is 19.5 Å². The number of amides is 1. The molecule has 0 aromatic heterocycles. The maximum absolute atomic E-state index is 12.2. The van der Waals surface area contributed by atoms with Crippen LogP contribution in [-0.2, 0) is 9.53 Å². The van der Waals surface area contributed by atoms with Crippen molar-refractivity contribution in [3.63, 3.8) is 0 Å². The van der Waals surface area contributed by atoms with Gasteiger partial charge >= 0.3 is 12.1 Å². The number of carboxylic acids is 1. The molecule has 3 aliphatic rings. The van der Waals surface area contributed by atoms with Gasteiger partial charge in [0.05, 0.1) is 6.54 Å². The summed E-state index contributed by atoms with van der Waals surface area (Å²) in [5.41, 5.74) is 5.53. The van der Waals surface area contributed by atoms with Crippen LogP contribution in [-0.4, -0.2) is 139 Å². The van der Waals surface area contributed by atoms with Crippen LogP contribution in [0.1, 0.15) is 12.8 Å². The lowest BCUT2D eigenvalue weighted by Crippen LogP contribution is -2.52. The number of guanidine groups is 1. The number of ether oxygens (including phenoxy) is 1. The van der Waals surface area contributed by atoms with Gasteiger partial charge in [0, 0.05) is 78.4 Å². The van der Waals surface area contributed by atoms with Gasteiger partial charge in [0.25, 0.3) is 0 Å². The molecule has 0 aromatic rings. The van der Waals surface area contributed by atoms with Crippen LogP contribution in [0.2, 0.25) is 0 Å². The van der Waals surface area contributed by atoms with Gasteiger partial charge in [-0.15, -0.1) is 0 Å². The molecule has 0 aliphatic carbocycles. The lowest BCUT2D eigenvalue weighted by atomic mass is 10.2. The fourth-order valence-electron chi connectivity index (χ4n) is 4.26. The van der Waals surface area contributed by atoms with Crippen LogP contribution in [0.25, 0.3) is 0 Å². The standard InChI is InChI=1S/C19H35N7O4/c20-18(21)25-11-8-23(9-12-25)10-13-26-15-16(30-19(26)29)14-24-6-4-22(5-7-24)3-1-2-17(27)28/h16H,1-15H2,(H3,20,21)(H,27,28). The fraction of sp³-hybridized carbons (Fsp3) is 0.842. The van der Waals surface area contributed by atoms with Gasteiger partial charge in [-0.2, -0.15) is 0 Å². The third kappa shape index (κ3) is 6.71. The van der Waals surface area contributed by atoms with Crippen LogP contribution in [0.3, 0.4) is 0 Å². The molecule has 170 valence electrons. The van der Waals surface area contributed by atoms with Gasteiger partial charge in [-0.05, 0) is 13.0 Å². The number of rotatable bonds is 9. The summed E-state index contributed by atoms with van der Waals surface area (Å²) in [5, 5.41) is 16.2. The van der Waals surface area contributed by atoms with E-state index in [2.05, 4.69) is 14.7 Å². The normalized spacial score (nSPS) is 24.3. The second kappa shape index (κ2) is 10.8. The van der Waals surface area contributed by atoms with Crippen molar-refractivity contribution in [3.8, 4) is 0 Å². The van der Waals surface area contributed by atoms with Crippen molar-refractivity contribution in [1.82, 2.24) is 24.5 Å². The number of carbonyl (C=O) groups excluding carboxylic acids is 1. The Morgan fingerprint density at radius 3 is 2.23 bits per heavy atom. The molecule has 11 heteroatoms.